The zero-order chi connectivity index (χ0) is 15.6. The number of hydrogen-bond donors (Lipinski definition) is 1. The molecular weight excluding hydrogens is 314 g/mol. The predicted molar refractivity (Wildman–Crippen MR) is 85.5 cm³/mol. The lowest BCUT2D eigenvalue weighted by Crippen LogP contribution is -2.23. The van der Waals surface area contributed by atoms with Crippen molar-refractivity contribution in [3.63, 3.8) is 0 Å². The van der Waals surface area contributed by atoms with Crippen LogP contribution in [0.3, 0.4) is 0 Å². The van der Waals surface area contributed by atoms with E-state index in [0.717, 1.165) is 23.9 Å². The van der Waals surface area contributed by atoms with E-state index in [-0.39, 0.29) is 5.91 Å². The maximum Gasteiger partial charge on any atom is 0.251 e. The van der Waals surface area contributed by atoms with Crippen LogP contribution in [0.2, 0.25) is 0 Å². The molecule has 0 radical (unpaired) electrons. The summed E-state index contributed by atoms with van der Waals surface area (Å²) in [6.45, 7) is 2.57. The molecule has 3 aromatic rings. The number of thiazole rings is 1. The summed E-state index contributed by atoms with van der Waals surface area (Å²) in [5.41, 5.74) is 1.96. The first-order chi connectivity index (χ1) is 11.3. The SMILES string of the molecule is O=C(NCc1csc(N2CCCC2)n1)c1ccn2nnnc2c1. The average Bonchev–Trinajstić information content (AvgIpc) is 3.32. The van der Waals surface area contributed by atoms with E-state index >= 15 is 0 Å². The Bertz CT molecular complexity index is 836. The molecule has 0 bridgehead atoms. The zero-order valence-corrected chi connectivity index (χ0v) is 13.2. The van der Waals surface area contributed by atoms with E-state index in [9.17, 15) is 4.79 Å². The standard InChI is InChI=1S/C14H15N7OS/c22-13(10-3-6-21-12(7-10)17-18-19-21)15-8-11-9-23-14(16-11)20-4-1-2-5-20/h3,6-7,9H,1-2,4-5,8H2,(H,15,22). The largest absolute Gasteiger partial charge is 0.348 e. The summed E-state index contributed by atoms with van der Waals surface area (Å²) in [4.78, 5) is 19.1. The third-order valence-electron chi connectivity index (χ3n) is 3.81. The Kier molecular flexibility index (Phi) is 3.62. The number of anilines is 1. The number of rotatable bonds is 4. The van der Waals surface area contributed by atoms with Gasteiger partial charge >= 0.3 is 0 Å². The molecule has 0 unspecified atom stereocenters. The summed E-state index contributed by atoms with van der Waals surface area (Å²) in [6, 6.07) is 3.35. The van der Waals surface area contributed by atoms with Crippen LogP contribution in [0.25, 0.3) is 5.65 Å². The van der Waals surface area contributed by atoms with Crippen molar-refractivity contribution in [1.82, 2.24) is 30.3 Å². The van der Waals surface area contributed by atoms with E-state index in [2.05, 4.69) is 30.7 Å². The number of carbonyl (C=O) groups excluding carboxylic acids is 1. The molecule has 1 amide bonds. The highest BCUT2D eigenvalue weighted by Gasteiger charge is 2.16. The molecule has 23 heavy (non-hydrogen) atoms. The molecule has 0 spiro atoms. The molecule has 0 saturated carbocycles. The third-order valence-corrected chi connectivity index (χ3v) is 4.76. The summed E-state index contributed by atoms with van der Waals surface area (Å²) >= 11 is 1.63. The predicted octanol–water partition coefficient (Wildman–Crippen LogP) is 1.11. The number of aromatic nitrogens is 5. The van der Waals surface area contributed by atoms with Crippen molar-refractivity contribution in [3.8, 4) is 0 Å². The van der Waals surface area contributed by atoms with Gasteiger partial charge in [-0.25, -0.2) is 9.50 Å². The topological polar surface area (TPSA) is 88.3 Å². The van der Waals surface area contributed by atoms with E-state index in [1.165, 1.54) is 17.4 Å². The van der Waals surface area contributed by atoms with Gasteiger partial charge in [-0.2, -0.15) is 0 Å². The highest BCUT2D eigenvalue weighted by atomic mass is 32.1. The van der Waals surface area contributed by atoms with Gasteiger partial charge in [0.25, 0.3) is 5.91 Å². The number of amides is 1. The van der Waals surface area contributed by atoms with Crippen LogP contribution in [-0.4, -0.2) is 44.0 Å². The fraction of sp³-hybridized carbons (Fsp3) is 0.357. The Morgan fingerprint density at radius 1 is 1.35 bits per heavy atom. The molecule has 3 aromatic heterocycles. The Balaban J connectivity index is 1.40. The number of carbonyl (C=O) groups is 1. The summed E-state index contributed by atoms with van der Waals surface area (Å²) < 4.78 is 1.51. The van der Waals surface area contributed by atoms with Crippen molar-refractivity contribution in [2.24, 2.45) is 0 Å². The van der Waals surface area contributed by atoms with Crippen molar-refractivity contribution < 1.29 is 4.79 Å². The van der Waals surface area contributed by atoms with E-state index in [4.69, 9.17) is 0 Å². The lowest BCUT2D eigenvalue weighted by Gasteiger charge is -2.12. The van der Waals surface area contributed by atoms with E-state index < -0.39 is 0 Å². The molecule has 1 aliphatic heterocycles. The van der Waals surface area contributed by atoms with Gasteiger partial charge in [-0.05, 0) is 35.4 Å². The molecule has 1 aliphatic rings. The first-order valence-corrected chi connectivity index (χ1v) is 8.33. The van der Waals surface area contributed by atoms with Crippen molar-refractivity contribution in [1.29, 1.82) is 0 Å². The van der Waals surface area contributed by atoms with Crippen LogP contribution >= 0.6 is 11.3 Å². The second-order valence-electron chi connectivity index (χ2n) is 5.40. The van der Waals surface area contributed by atoms with Crippen molar-refractivity contribution in [3.05, 3.63) is 35.0 Å². The van der Waals surface area contributed by atoms with Crippen LogP contribution in [0.5, 0.6) is 0 Å². The first-order valence-electron chi connectivity index (χ1n) is 7.45. The van der Waals surface area contributed by atoms with E-state index in [0.29, 0.717) is 17.8 Å². The quantitative estimate of drug-likeness (QED) is 0.771. The summed E-state index contributed by atoms with van der Waals surface area (Å²) in [5.74, 6) is -0.161. The molecular formula is C14H15N7OS. The average molecular weight is 329 g/mol. The maximum atomic E-state index is 12.2. The maximum absolute atomic E-state index is 12.2. The Morgan fingerprint density at radius 2 is 2.22 bits per heavy atom. The van der Waals surface area contributed by atoms with Crippen LogP contribution in [-0.2, 0) is 6.54 Å². The van der Waals surface area contributed by atoms with Crippen LogP contribution in [0.1, 0.15) is 28.9 Å². The van der Waals surface area contributed by atoms with Crippen LogP contribution < -0.4 is 10.2 Å². The third kappa shape index (κ3) is 2.87. The van der Waals surface area contributed by atoms with Gasteiger partial charge in [0.05, 0.1) is 12.2 Å². The molecule has 0 atom stereocenters. The normalized spacial score (nSPS) is 14.5. The van der Waals surface area contributed by atoms with Crippen LogP contribution in [0, 0.1) is 0 Å². The first kappa shape index (κ1) is 14.1. The molecule has 4 heterocycles. The van der Waals surface area contributed by atoms with Crippen LogP contribution in [0.15, 0.2) is 23.7 Å². The van der Waals surface area contributed by atoms with Gasteiger partial charge in [0, 0.05) is 30.2 Å². The smallest absolute Gasteiger partial charge is 0.251 e. The second-order valence-corrected chi connectivity index (χ2v) is 6.23. The summed E-state index contributed by atoms with van der Waals surface area (Å²) in [7, 11) is 0. The molecule has 9 heteroatoms. The van der Waals surface area contributed by atoms with E-state index in [1.54, 1.807) is 29.7 Å². The lowest BCUT2D eigenvalue weighted by molar-refractivity contribution is 0.0950. The van der Waals surface area contributed by atoms with Crippen LogP contribution in [0.4, 0.5) is 5.13 Å². The number of nitrogens with one attached hydrogen (secondary N) is 1. The molecule has 8 nitrogen and oxygen atoms in total. The van der Waals surface area contributed by atoms with Gasteiger partial charge in [0.1, 0.15) is 0 Å². The van der Waals surface area contributed by atoms with Gasteiger partial charge < -0.3 is 10.2 Å². The fourth-order valence-corrected chi connectivity index (χ4v) is 3.46. The highest BCUT2D eigenvalue weighted by Crippen LogP contribution is 2.24. The zero-order valence-electron chi connectivity index (χ0n) is 12.3. The number of fused-ring (bicyclic) bond motifs is 1. The fourth-order valence-electron chi connectivity index (χ4n) is 2.59. The lowest BCUT2D eigenvalue weighted by atomic mass is 10.2. The van der Waals surface area contributed by atoms with Gasteiger partial charge in [-0.15, -0.1) is 16.4 Å². The van der Waals surface area contributed by atoms with Crippen molar-refractivity contribution >= 4 is 28.0 Å². The number of tetrazole rings is 1. The minimum absolute atomic E-state index is 0.161. The summed E-state index contributed by atoms with van der Waals surface area (Å²) in [5, 5.41) is 17.1. The van der Waals surface area contributed by atoms with Crippen molar-refractivity contribution in [2.45, 2.75) is 19.4 Å². The number of hydrogen-bond acceptors (Lipinski definition) is 7. The summed E-state index contributed by atoms with van der Waals surface area (Å²) in [6.07, 6.45) is 4.12. The molecule has 0 aromatic carbocycles. The molecule has 4 rings (SSSR count). The van der Waals surface area contributed by atoms with Gasteiger partial charge in [0.2, 0.25) is 0 Å². The Morgan fingerprint density at radius 3 is 3.09 bits per heavy atom. The number of pyridine rings is 1. The monoisotopic (exact) mass is 329 g/mol. The highest BCUT2D eigenvalue weighted by molar-refractivity contribution is 7.13. The molecule has 1 N–H and O–H groups in total. The molecule has 0 aliphatic carbocycles. The Labute approximate surface area is 136 Å². The van der Waals surface area contributed by atoms with E-state index in [1.807, 2.05) is 5.38 Å². The minimum atomic E-state index is -0.161. The van der Waals surface area contributed by atoms with Gasteiger partial charge in [-0.1, -0.05) is 0 Å². The molecule has 118 valence electrons. The number of nitrogens with zero attached hydrogens (tertiary/aromatic N) is 6. The van der Waals surface area contributed by atoms with Gasteiger partial charge in [-0.3, -0.25) is 4.79 Å². The van der Waals surface area contributed by atoms with Crippen molar-refractivity contribution in [2.75, 3.05) is 18.0 Å². The molecule has 1 saturated heterocycles. The molecule has 1 fully saturated rings. The van der Waals surface area contributed by atoms with Gasteiger partial charge in [0.15, 0.2) is 10.8 Å². The Hall–Kier alpha value is -2.55. The minimum Gasteiger partial charge on any atom is -0.348 e. The second kappa shape index (κ2) is 5.92.